The minimum absolute atomic E-state index is 0.156. The molecule has 102 valence electrons. The third-order valence-corrected chi connectivity index (χ3v) is 4.08. The van der Waals surface area contributed by atoms with E-state index in [0.717, 1.165) is 25.1 Å². The first-order valence-electron chi connectivity index (χ1n) is 6.96. The van der Waals surface area contributed by atoms with Crippen molar-refractivity contribution < 1.29 is 9.53 Å². The van der Waals surface area contributed by atoms with Crippen LogP contribution in [0.25, 0.3) is 0 Å². The maximum Gasteiger partial charge on any atom is 0.221 e. The summed E-state index contributed by atoms with van der Waals surface area (Å²) in [6.07, 6.45) is 4.05. The van der Waals surface area contributed by atoms with E-state index in [2.05, 4.69) is 22.8 Å². The monoisotopic (exact) mass is 260 g/mol. The van der Waals surface area contributed by atoms with Gasteiger partial charge in [-0.05, 0) is 42.5 Å². The number of amides is 1. The van der Waals surface area contributed by atoms with Crippen LogP contribution in [0.5, 0.6) is 5.75 Å². The molecule has 0 spiro atoms. The van der Waals surface area contributed by atoms with Gasteiger partial charge >= 0.3 is 0 Å². The Balaban J connectivity index is 1.76. The first kappa shape index (κ1) is 12.5. The normalized spacial score (nSPS) is 25.8. The van der Waals surface area contributed by atoms with Gasteiger partial charge in [0.1, 0.15) is 5.75 Å². The van der Waals surface area contributed by atoms with Crippen LogP contribution in [0.4, 0.5) is 0 Å². The molecule has 0 aromatic heterocycles. The van der Waals surface area contributed by atoms with Crippen molar-refractivity contribution in [3.8, 4) is 5.75 Å². The molecule has 1 fully saturated rings. The van der Waals surface area contributed by atoms with Crippen LogP contribution in [0.2, 0.25) is 0 Å². The summed E-state index contributed by atoms with van der Waals surface area (Å²) in [5, 5.41) is 6.50. The number of benzene rings is 1. The van der Waals surface area contributed by atoms with Crippen LogP contribution in [-0.4, -0.2) is 25.6 Å². The molecule has 1 amide bonds. The molecule has 1 aliphatic heterocycles. The number of carbonyl (C=O) groups is 1. The van der Waals surface area contributed by atoms with E-state index in [9.17, 15) is 4.79 Å². The summed E-state index contributed by atoms with van der Waals surface area (Å²) in [6, 6.07) is 6.96. The Hall–Kier alpha value is -1.55. The molecule has 2 aliphatic rings. The highest BCUT2D eigenvalue weighted by atomic mass is 16.5. The van der Waals surface area contributed by atoms with Gasteiger partial charge in [-0.1, -0.05) is 6.07 Å². The van der Waals surface area contributed by atoms with Crippen molar-refractivity contribution in [2.24, 2.45) is 0 Å². The van der Waals surface area contributed by atoms with Crippen molar-refractivity contribution in [1.29, 1.82) is 0 Å². The Morgan fingerprint density at radius 2 is 2.32 bits per heavy atom. The van der Waals surface area contributed by atoms with Crippen LogP contribution in [0, 0.1) is 0 Å². The predicted octanol–water partition coefficient (Wildman–Crippen LogP) is 1.55. The lowest BCUT2D eigenvalue weighted by Gasteiger charge is -2.29. The van der Waals surface area contributed by atoms with Crippen LogP contribution in [0.15, 0.2) is 18.2 Å². The first-order valence-corrected chi connectivity index (χ1v) is 6.96. The van der Waals surface area contributed by atoms with Crippen LogP contribution >= 0.6 is 0 Å². The fourth-order valence-electron chi connectivity index (χ4n) is 3.10. The zero-order valence-corrected chi connectivity index (χ0v) is 11.2. The van der Waals surface area contributed by atoms with E-state index in [0.29, 0.717) is 12.5 Å². The number of fused-ring (bicyclic) bond motifs is 1. The molecule has 1 saturated heterocycles. The SMILES string of the molecule is COc1ccc2c(c1)CCCC2NC1CNC(=O)C1. The van der Waals surface area contributed by atoms with E-state index in [4.69, 9.17) is 4.74 Å². The zero-order valence-electron chi connectivity index (χ0n) is 11.2. The number of ether oxygens (including phenoxy) is 1. The highest BCUT2D eigenvalue weighted by Crippen LogP contribution is 2.32. The minimum Gasteiger partial charge on any atom is -0.497 e. The number of hydrogen-bond acceptors (Lipinski definition) is 3. The van der Waals surface area contributed by atoms with Crippen LogP contribution in [0.3, 0.4) is 0 Å². The lowest BCUT2D eigenvalue weighted by atomic mass is 9.87. The van der Waals surface area contributed by atoms with Crippen molar-refractivity contribution in [2.45, 2.75) is 37.8 Å². The van der Waals surface area contributed by atoms with Gasteiger partial charge in [0.15, 0.2) is 0 Å². The molecule has 0 bridgehead atoms. The van der Waals surface area contributed by atoms with E-state index in [1.807, 2.05) is 6.07 Å². The summed E-state index contributed by atoms with van der Waals surface area (Å²) < 4.78 is 5.29. The Bertz CT molecular complexity index is 487. The third-order valence-electron chi connectivity index (χ3n) is 4.08. The number of nitrogens with one attached hydrogen (secondary N) is 2. The molecule has 2 atom stereocenters. The molecule has 4 nitrogen and oxygen atoms in total. The molecular formula is C15H20N2O2. The van der Waals surface area contributed by atoms with E-state index in [1.165, 1.54) is 17.5 Å². The van der Waals surface area contributed by atoms with Gasteiger partial charge in [-0.2, -0.15) is 0 Å². The number of hydrogen-bond donors (Lipinski definition) is 2. The van der Waals surface area contributed by atoms with Crippen LogP contribution in [0.1, 0.15) is 36.4 Å². The molecule has 2 unspecified atom stereocenters. The average Bonchev–Trinajstić information content (AvgIpc) is 2.84. The Morgan fingerprint density at radius 1 is 1.42 bits per heavy atom. The number of rotatable bonds is 3. The topological polar surface area (TPSA) is 50.4 Å². The predicted molar refractivity (Wildman–Crippen MR) is 73.2 cm³/mol. The molecule has 1 aromatic carbocycles. The molecular weight excluding hydrogens is 240 g/mol. The van der Waals surface area contributed by atoms with Crippen molar-refractivity contribution in [3.63, 3.8) is 0 Å². The summed E-state index contributed by atoms with van der Waals surface area (Å²) in [6.45, 7) is 0.751. The van der Waals surface area contributed by atoms with Gasteiger partial charge in [-0.25, -0.2) is 0 Å². The van der Waals surface area contributed by atoms with Gasteiger partial charge in [0.2, 0.25) is 5.91 Å². The second-order valence-corrected chi connectivity index (χ2v) is 5.38. The van der Waals surface area contributed by atoms with Gasteiger partial charge in [-0.3, -0.25) is 4.79 Å². The van der Waals surface area contributed by atoms with Gasteiger partial charge in [0, 0.05) is 25.0 Å². The number of aryl methyl sites for hydroxylation is 1. The lowest BCUT2D eigenvalue weighted by molar-refractivity contribution is -0.119. The molecule has 1 aromatic rings. The van der Waals surface area contributed by atoms with Crippen molar-refractivity contribution in [2.75, 3.05) is 13.7 Å². The van der Waals surface area contributed by atoms with Crippen LogP contribution < -0.4 is 15.4 Å². The molecule has 19 heavy (non-hydrogen) atoms. The molecule has 0 saturated carbocycles. The summed E-state index contributed by atoms with van der Waals surface area (Å²) in [5.41, 5.74) is 2.74. The quantitative estimate of drug-likeness (QED) is 0.867. The standard InChI is InChI=1S/C15H20N2O2/c1-19-12-5-6-13-10(7-12)3-2-4-14(13)17-11-8-15(18)16-9-11/h5-7,11,14,17H,2-4,8-9H2,1H3,(H,16,18). The zero-order chi connectivity index (χ0) is 13.2. The van der Waals surface area contributed by atoms with E-state index in [-0.39, 0.29) is 11.9 Å². The maximum atomic E-state index is 11.3. The lowest BCUT2D eigenvalue weighted by Crippen LogP contribution is -2.36. The Morgan fingerprint density at radius 3 is 3.05 bits per heavy atom. The van der Waals surface area contributed by atoms with Gasteiger partial charge in [0.05, 0.1) is 7.11 Å². The molecule has 1 aliphatic carbocycles. The second-order valence-electron chi connectivity index (χ2n) is 5.38. The van der Waals surface area contributed by atoms with Gasteiger partial charge in [0.25, 0.3) is 0 Å². The van der Waals surface area contributed by atoms with Crippen LogP contribution in [-0.2, 0) is 11.2 Å². The van der Waals surface area contributed by atoms with Crippen molar-refractivity contribution >= 4 is 5.91 Å². The molecule has 4 heteroatoms. The first-order chi connectivity index (χ1) is 9.26. The largest absolute Gasteiger partial charge is 0.497 e. The summed E-state index contributed by atoms with van der Waals surface area (Å²) in [5.74, 6) is 1.08. The van der Waals surface area contributed by atoms with Crippen molar-refractivity contribution in [1.82, 2.24) is 10.6 Å². The summed E-state index contributed by atoms with van der Waals surface area (Å²) in [7, 11) is 1.70. The van der Waals surface area contributed by atoms with Gasteiger partial charge in [-0.15, -0.1) is 0 Å². The average molecular weight is 260 g/mol. The second kappa shape index (κ2) is 5.21. The molecule has 2 N–H and O–H groups in total. The fraction of sp³-hybridized carbons (Fsp3) is 0.533. The molecule has 3 rings (SSSR count). The molecule has 0 radical (unpaired) electrons. The Kier molecular flexibility index (Phi) is 3.42. The van der Waals surface area contributed by atoms with Gasteiger partial charge < -0.3 is 15.4 Å². The fourth-order valence-corrected chi connectivity index (χ4v) is 3.10. The van der Waals surface area contributed by atoms with E-state index in [1.54, 1.807) is 7.11 Å². The maximum absolute atomic E-state index is 11.3. The minimum atomic E-state index is 0.156. The van der Waals surface area contributed by atoms with E-state index >= 15 is 0 Å². The summed E-state index contributed by atoms with van der Waals surface area (Å²) in [4.78, 5) is 11.3. The number of methoxy groups -OCH3 is 1. The molecule has 1 heterocycles. The highest BCUT2D eigenvalue weighted by Gasteiger charge is 2.27. The van der Waals surface area contributed by atoms with E-state index < -0.39 is 0 Å². The summed E-state index contributed by atoms with van der Waals surface area (Å²) >= 11 is 0. The smallest absolute Gasteiger partial charge is 0.221 e. The number of carbonyl (C=O) groups excluding carboxylic acids is 1. The highest BCUT2D eigenvalue weighted by molar-refractivity contribution is 5.78. The Labute approximate surface area is 113 Å². The van der Waals surface area contributed by atoms with Crippen molar-refractivity contribution in [3.05, 3.63) is 29.3 Å². The third kappa shape index (κ3) is 2.59.